The molecular formula is C21H31O5P. The first-order valence-electron chi connectivity index (χ1n) is 9.86. The zero-order chi connectivity index (χ0) is 19.7. The summed E-state index contributed by atoms with van der Waals surface area (Å²) >= 11 is 0. The highest BCUT2D eigenvalue weighted by Gasteiger charge is 2.30. The maximum atomic E-state index is 13.3. The predicted molar refractivity (Wildman–Crippen MR) is 110 cm³/mol. The predicted octanol–water partition coefficient (Wildman–Crippen LogP) is 6.62. The van der Waals surface area contributed by atoms with E-state index >= 15 is 0 Å². The lowest BCUT2D eigenvalue weighted by Gasteiger charge is -2.22. The van der Waals surface area contributed by atoms with Gasteiger partial charge in [0.2, 0.25) is 0 Å². The topological polar surface area (TPSA) is 65.0 Å². The quantitative estimate of drug-likeness (QED) is 0.324. The van der Waals surface area contributed by atoms with Gasteiger partial charge in [0.15, 0.2) is 0 Å². The number of hydrogen-bond donors (Lipinski definition) is 1. The normalized spacial score (nSPS) is 11.8. The molecule has 2 rings (SSSR count). The molecule has 1 N–H and O–H groups in total. The van der Waals surface area contributed by atoms with E-state index < -0.39 is 7.82 Å². The number of rotatable bonds is 12. The number of unbranched alkanes of at least 4 members (excludes halogenated alkanes) is 2. The molecule has 0 radical (unpaired) electrons. The third kappa shape index (κ3) is 5.97. The Kier molecular flexibility index (Phi) is 8.62. The second-order valence-corrected chi connectivity index (χ2v) is 8.18. The fourth-order valence-corrected chi connectivity index (χ4v) is 4.12. The van der Waals surface area contributed by atoms with Gasteiger partial charge in [0.05, 0.1) is 13.2 Å². The molecule has 0 aromatic heterocycles. The van der Waals surface area contributed by atoms with Crippen LogP contribution in [0.25, 0.3) is 10.8 Å². The number of aromatic hydroxyl groups is 1. The van der Waals surface area contributed by atoms with Crippen molar-refractivity contribution >= 4 is 18.6 Å². The average molecular weight is 394 g/mol. The van der Waals surface area contributed by atoms with Crippen LogP contribution in [0.4, 0.5) is 0 Å². The molecule has 0 amide bonds. The van der Waals surface area contributed by atoms with Gasteiger partial charge in [-0.25, -0.2) is 4.57 Å². The third-order valence-corrected chi connectivity index (χ3v) is 5.67. The minimum Gasteiger partial charge on any atom is -0.507 e. The number of aryl methyl sites for hydroxylation is 1. The van der Waals surface area contributed by atoms with Crippen LogP contribution in [0.2, 0.25) is 0 Å². The van der Waals surface area contributed by atoms with Crippen molar-refractivity contribution in [3.63, 3.8) is 0 Å². The SMILES string of the molecule is CCCCOP(=O)(OCCCC)Oc1c(CCC)cc(O)c2ccccc12. The van der Waals surface area contributed by atoms with Crippen molar-refractivity contribution in [3.8, 4) is 11.5 Å². The van der Waals surface area contributed by atoms with Crippen LogP contribution in [0.1, 0.15) is 58.4 Å². The molecule has 27 heavy (non-hydrogen) atoms. The fourth-order valence-electron chi connectivity index (χ4n) is 2.79. The molecule has 0 aliphatic rings. The summed E-state index contributed by atoms with van der Waals surface area (Å²) < 4.78 is 30.4. The molecule has 150 valence electrons. The van der Waals surface area contributed by atoms with E-state index in [-0.39, 0.29) is 5.75 Å². The molecule has 5 nitrogen and oxygen atoms in total. The zero-order valence-corrected chi connectivity index (χ0v) is 17.5. The number of phenols is 1. The summed E-state index contributed by atoms with van der Waals surface area (Å²) in [6.45, 7) is 6.77. The highest BCUT2D eigenvalue weighted by Crippen LogP contribution is 2.53. The van der Waals surface area contributed by atoms with Crippen LogP contribution in [0, 0.1) is 0 Å². The Morgan fingerprint density at radius 1 is 0.926 bits per heavy atom. The molecule has 0 aliphatic heterocycles. The Bertz CT molecular complexity index is 761. The molecule has 0 atom stereocenters. The molecule has 0 saturated heterocycles. The van der Waals surface area contributed by atoms with E-state index in [1.807, 2.05) is 45.0 Å². The molecule has 0 bridgehead atoms. The number of hydrogen-bond acceptors (Lipinski definition) is 5. The standard InChI is InChI=1S/C21H31O5P/c1-4-7-14-24-27(23,25-15-8-5-2)26-21-17(11-6-3)16-20(22)18-12-9-10-13-19(18)21/h9-10,12-13,16,22H,4-8,11,14-15H2,1-3H3. The smallest absolute Gasteiger partial charge is 0.507 e. The lowest BCUT2D eigenvalue weighted by Crippen LogP contribution is -2.06. The van der Waals surface area contributed by atoms with Crippen molar-refractivity contribution in [3.05, 3.63) is 35.9 Å². The van der Waals surface area contributed by atoms with Crippen LogP contribution in [-0.4, -0.2) is 18.3 Å². The Balaban J connectivity index is 2.42. The lowest BCUT2D eigenvalue weighted by atomic mass is 10.0. The lowest BCUT2D eigenvalue weighted by molar-refractivity contribution is 0.152. The maximum absolute atomic E-state index is 13.3. The van der Waals surface area contributed by atoms with Crippen molar-refractivity contribution in [2.45, 2.75) is 59.3 Å². The minimum absolute atomic E-state index is 0.190. The Hall–Kier alpha value is -1.55. The van der Waals surface area contributed by atoms with E-state index in [0.717, 1.165) is 37.7 Å². The molecule has 2 aromatic carbocycles. The van der Waals surface area contributed by atoms with Crippen LogP contribution in [0.5, 0.6) is 11.5 Å². The Morgan fingerprint density at radius 2 is 1.52 bits per heavy atom. The number of phosphoric acid groups is 1. The molecule has 0 saturated carbocycles. The van der Waals surface area contributed by atoms with Gasteiger partial charge in [-0.1, -0.05) is 64.3 Å². The molecule has 0 spiro atoms. The van der Waals surface area contributed by atoms with Crippen LogP contribution in [0.15, 0.2) is 30.3 Å². The fraction of sp³-hybridized carbons (Fsp3) is 0.524. The largest absolute Gasteiger partial charge is 0.530 e. The summed E-state index contributed by atoms with van der Waals surface area (Å²) in [5, 5.41) is 11.7. The highest BCUT2D eigenvalue weighted by molar-refractivity contribution is 7.49. The molecule has 6 heteroatoms. The molecule has 0 aliphatic carbocycles. The summed E-state index contributed by atoms with van der Waals surface area (Å²) in [7, 11) is -3.75. The van der Waals surface area contributed by atoms with E-state index in [1.54, 1.807) is 6.07 Å². The third-order valence-electron chi connectivity index (χ3n) is 4.27. The van der Waals surface area contributed by atoms with Crippen LogP contribution in [-0.2, 0) is 20.0 Å². The van der Waals surface area contributed by atoms with Crippen molar-refractivity contribution < 1.29 is 23.2 Å². The molecule has 0 unspecified atom stereocenters. The van der Waals surface area contributed by atoms with E-state index in [0.29, 0.717) is 36.2 Å². The highest BCUT2D eigenvalue weighted by atomic mass is 31.2. The monoisotopic (exact) mass is 394 g/mol. The summed E-state index contributed by atoms with van der Waals surface area (Å²) in [5.74, 6) is 0.664. The van der Waals surface area contributed by atoms with Gasteiger partial charge >= 0.3 is 7.82 Å². The first-order chi connectivity index (χ1) is 13.0. The summed E-state index contributed by atoms with van der Waals surface area (Å²) in [6, 6.07) is 9.06. The van der Waals surface area contributed by atoms with E-state index in [2.05, 4.69) is 0 Å². The first kappa shape index (κ1) is 21.7. The second kappa shape index (κ2) is 10.7. The van der Waals surface area contributed by atoms with E-state index in [9.17, 15) is 9.67 Å². The van der Waals surface area contributed by atoms with Gasteiger partial charge in [-0.15, -0.1) is 0 Å². The Morgan fingerprint density at radius 3 is 2.07 bits per heavy atom. The van der Waals surface area contributed by atoms with Crippen molar-refractivity contribution in [2.24, 2.45) is 0 Å². The van der Waals surface area contributed by atoms with Crippen molar-refractivity contribution in [1.29, 1.82) is 0 Å². The maximum Gasteiger partial charge on any atom is 0.530 e. The Labute approximate surface area is 162 Å². The molecule has 2 aromatic rings. The molecular weight excluding hydrogens is 363 g/mol. The van der Waals surface area contributed by atoms with Gasteiger partial charge in [0.1, 0.15) is 11.5 Å². The first-order valence-corrected chi connectivity index (χ1v) is 11.3. The number of phosphoric ester groups is 1. The second-order valence-electron chi connectivity index (χ2n) is 6.59. The number of benzene rings is 2. The van der Waals surface area contributed by atoms with Gasteiger partial charge in [-0.3, -0.25) is 9.05 Å². The summed E-state index contributed by atoms with van der Waals surface area (Å²) in [4.78, 5) is 0. The van der Waals surface area contributed by atoms with Crippen LogP contribution in [0.3, 0.4) is 0 Å². The van der Waals surface area contributed by atoms with E-state index in [4.69, 9.17) is 13.6 Å². The summed E-state index contributed by atoms with van der Waals surface area (Å²) in [6.07, 6.45) is 4.98. The van der Waals surface area contributed by atoms with Gasteiger partial charge in [-0.05, 0) is 30.9 Å². The van der Waals surface area contributed by atoms with Crippen molar-refractivity contribution in [2.75, 3.05) is 13.2 Å². The minimum atomic E-state index is -3.75. The summed E-state index contributed by atoms with van der Waals surface area (Å²) in [5.41, 5.74) is 0.798. The van der Waals surface area contributed by atoms with E-state index in [1.165, 1.54) is 0 Å². The van der Waals surface area contributed by atoms with Gasteiger partial charge in [0.25, 0.3) is 0 Å². The van der Waals surface area contributed by atoms with Gasteiger partial charge in [0, 0.05) is 10.8 Å². The molecule has 0 fully saturated rings. The molecule has 0 heterocycles. The number of phenolic OH excluding ortho intramolecular Hbond substituents is 1. The van der Waals surface area contributed by atoms with Crippen LogP contribution >= 0.6 is 7.82 Å². The number of fused-ring (bicyclic) bond motifs is 1. The van der Waals surface area contributed by atoms with Crippen molar-refractivity contribution in [1.82, 2.24) is 0 Å². The van der Waals surface area contributed by atoms with Gasteiger partial charge in [-0.2, -0.15) is 0 Å². The van der Waals surface area contributed by atoms with Crippen LogP contribution < -0.4 is 4.52 Å². The zero-order valence-electron chi connectivity index (χ0n) is 16.6. The average Bonchev–Trinajstić information content (AvgIpc) is 2.66. The van der Waals surface area contributed by atoms with Gasteiger partial charge < -0.3 is 9.63 Å².